The van der Waals surface area contributed by atoms with Crippen molar-refractivity contribution in [3.8, 4) is 0 Å². The Morgan fingerprint density at radius 2 is 1.94 bits per heavy atom. The molecule has 1 aromatic carbocycles. The molecule has 2 aromatic rings. The lowest BCUT2D eigenvalue weighted by Crippen LogP contribution is -2.13. The Bertz CT molecular complexity index is 597. The van der Waals surface area contributed by atoms with E-state index in [1.54, 1.807) is 12.1 Å². The Kier molecular flexibility index (Phi) is 3.54. The highest BCUT2D eigenvalue weighted by Crippen LogP contribution is 2.19. The van der Waals surface area contributed by atoms with E-state index in [-0.39, 0.29) is 10.7 Å². The molecule has 2 rings (SSSR count). The molecule has 0 spiro atoms. The van der Waals surface area contributed by atoms with Gasteiger partial charge in [-0.3, -0.25) is 4.79 Å². The lowest BCUT2D eigenvalue weighted by atomic mass is 10.2. The first-order chi connectivity index (χ1) is 8.58. The number of halogens is 1. The van der Waals surface area contributed by atoms with E-state index in [4.69, 9.17) is 16.7 Å². The topological polar surface area (TPSA) is 92.2 Å². The fraction of sp³-hybridized carbons (Fsp3) is 0. The number of aromatic nitrogens is 2. The third-order valence-corrected chi connectivity index (χ3v) is 2.92. The highest BCUT2D eigenvalue weighted by Gasteiger charge is 2.17. The molecule has 0 aliphatic heterocycles. The minimum atomic E-state index is -1.24. The third-order valence-electron chi connectivity index (χ3n) is 2.02. The summed E-state index contributed by atoms with van der Waals surface area (Å²) < 4.78 is 3.48. The van der Waals surface area contributed by atoms with E-state index in [9.17, 15) is 9.59 Å². The van der Waals surface area contributed by atoms with Crippen LogP contribution < -0.4 is 5.32 Å². The summed E-state index contributed by atoms with van der Waals surface area (Å²) in [6.07, 6.45) is 0. The monoisotopic (exact) mass is 283 g/mol. The number of benzene rings is 1. The van der Waals surface area contributed by atoms with E-state index >= 15 is 0 Å². The first kappa shape index (κ1) is 12.5. The number of carbonyl (C=O) groups excluding carboxylic acids is 1. The average Bonchev–Trinajstić information content (AvgIpc) is 2.78. The van der Waals surface area contributed by atoms with E-state index in [2.05, 4.69) is 14.9 Å². The second-order valence-electron chi connectivity index (χ2n) is 3.22. The standard InChI is InChI=1S/C10H6ClN3O3S/c11-6-3-1-5(2-4-6)8(15)12-9-7(10(16)17)13-14-18-9/h1-4H,(H,12,15)(H,16,17). The van der Waals surface area contributed by atoms with E-state index in [1.165, 1.54) is 12.1 Å². The average molecular weight is 284 g/mol. The highest BCUT2D eigenvalue weighted by molar-refractivity contribution is 7.10. The van der Waals surface area contributed by atoms with Crippen LogP contribution in [0.4, 0.5) is 5.00 Å². The number of rotatable bonds is 3. The molecule has 0 saturated carbocycles. The highest BCUT2D eigenvalue weighted by atomic mass is 35.5. The second-order valence-corrected chi connectivity index (χ2v) is 4.41. The van der Waals surface area contributed by atoms with Gasteiger partial charge in [-0.05, 0) is 24.3 Å². The molecule has 0 radical (unpaired) electrons. The minimum absolute atomic E-state index is 0.0995. The number of aromatic carboxylic acids is 1. The summed E-state index contributed by atoms with van der Waals surface area (Å²) in [6, 6.07) is 6.21. The van der Waals surface area contributed by atoms with Crippen LogP contribution in [-0.4, -0.2) is 26.6 Å². The smallest absolute Gasteiger partial charge is 0.359 e. The molecule has 0 aliphatic carbocycles. The summed E-state index contributed by atoms with van der Waals surface area (Å²) in [6.45, 7) is 0. The molecule has 92 valence electrons. The van der Waals surface area contributed by atoms with Crippen molar-refractivity contribution in [2.75, 3.05) is 5.32 Å². The number of carboxylic acid groups (broad SMARTS) is 1. The van der Waals surface area contributed by atoms with Crippen LogP contribution in [0.1, 0.15) is 20.8 Å². The molecule has 1 amide bonds. The van der Waals surface area contributed by atoms with Gasteiger partial charge in [-0.25, -0.2) is 4.79 Å². The van der Waals surface area contributed by atoms with Crippen molar-refractivity contribution in [2.45, 2.75) is 0 Å². The zero-order chi connectivity index (χ0) is 13.1. The van der Waals surface area contributed by atoms with Crippen LogP contribution in [0.25, 0.3) is 0 Å². The quantitative estimate of drug-likeness (QED) is 0.900. The van der Waals surface area contributed by atoms with Gasteiger partial charge in [-0.1, -0.05) is 16.1 Å². The normalized spacial score (nSPS) is 10.1. The van der Waals surface area contributed by atoms with Crippen molar-refractivity contribution in [2.24, 2.45) is 0 Å². The summed E-state index contributed by atoms with van der Waals surface area (Å²) in [5, 5.41) is 15.3. The largest absolute Gasteiger partial charge is 0.476 e. The molecule has 1 heterocycles. The minimum Gasteiger partial charge on any atom is -0.476 e. The molecule has 0 atom stereocenters. The van der Waals surface area contributed by atoms with Gasteiger partial charge in [0.1, 0.15) is 0 Å². The predicted octanol–water partition coefficient (Wildman–Crippen LogP) is 2.14. The van der Waals surface area contributed by atoms with Crippen LogP contribution in [-0.2, 0) is 0 Å². The van der Waals surface area contributed by atoms with Crippen LogP contribution in [0.2, 0.25) is 5.02 Å². The van der Waals surface area contributed by atoms with Crippen molar-refractivity contribution in [3.63, 3.8) is 0 Å². The maximum Gasteiger partial charge on any atom is 0.359 e. The molecule has 18 heavy (non-hydrogen) atoms. The van der Waals surface area contributed by atoms with Gasteiger partial charge < -0.3 is 10.4 Å². The van der Waals surface area contributed by atoms with Crippen molar-refractivity contribution in [3.05, 3.63) is 40.5 Å². The zero-order valence-electron chi connectivity index (χ0n) is 8.75. The number of nitrogens with one attached hydrogen (secondary N) is 1. The first-order valence-electron chi connectivity index (χ1n) is 4.70. The van der Waals surface area contributed by atoms with Crippen LogP contribution in [0.5, 0.6) is 0 Å². The van der Waals surface area contributed by atoms with Crippen LogP contribution in [0, 0.1) is 0 Å². The molecular formula is C10H6ClN3O3S. The number of carbonyl (C=O) groups is 2. The molecule has 2 N–H and O–H groups in total. The van der Waals surface area contributed by atoms with E-state index in [0.717, 1.165) is 11.5 Å². The van der Waals surface area contributed by atoms with Crippen molar-refractivity contribution in [1.29, 1.82) is 0 Å². The van der Waals surface area contributed by atoms with Crippen LogP contribution in [0.15, 0.2) is 24.3 Å². The Morgan fingerprint density at radius 1 is 1.28 bits per heavy atom. The summed E-state index contributed by atoms with van der Waals surface area (Å²) in [7, 11) is 0. The molecule has 0 saturated heterocycles. The predicted molar refractivity (Wildman–Crippen MR) is 66.3 cm³/mol. The van der Waals surface area contributed by atoms with Crippen molar-refractivity contribution < 1.29 is 14.7 Å². The summed E-state index contributed by atoms with van der Waals surface area (Å²) >= 11 is 6.50. The summed E-state index contributed by atoms with van der Waals surface area (Å²) in [5.41, 5.74) is 0.0893. The third kappa shape index (κ3) is 2.63. The molecule has 0 unspecified atom stereocenters. The number of hydrogen-bond acceptors (Lipinski definition) is 5. The van der Waals surface area contributed by atoms with E-state index in [1.807, 2.05) is 0 Å². The number of hydrogen-bond donors (Lipinski definition) is 2. The molecule has 0 bridgehead atoms. The van der Waals surface area contributed by atoms with Crippen molar-refractivity contribution in [1.82, 2.24) is 9.59 Å². The zero-order valence-corrected chi connectivity index (χ0v) is 10.3. The lowest BCUT2D eigenvalue weighted by Gasteiger charge is -2.02. The van der Waals surface area contributed by atoms with Gasteiger partial charge in [-0.2, -0.15) is 0 Å². The molecule has 0 fully saturated rings. The number of nitrogens with zero attached hydrogens (tertiary/aromatic N) is 2. The van der Waals surface area contributed by atoms with Gasteiger partial charge in [-0.15, -0.1) is 5.10 Å². The maximum atomic E-state index is 11.8. The van der Waals surface area contributed by atoms with Gasteiger partial charge in [0.05, 0.1) is 0 Å². The molecule has 8 heteroatoms. The van der Waals surface area contributed by atoms with E-state index in [0.29, 0.717) is 10.6 Å². The maximum absolute atomic E-state index is 11.8. The van der Waals surface area contributed by atoms with Crippen LogP contribution >= 0.6 is 23.1 Å². The lowest BCUT2D eigenvalue weighted by molar-refractivity contribution is 0.0691. The second kappa shape index (κ2) is 5.11. The van der Waals surface area contributed by atoms with Gasteiger partial charge in [0, 0.05) is 22.1 Å². The molecule has 1 aromatic heterocycles. The molecular weight excluding hydrogens is 278 g/mol. The first-order valence-corrected chi connectivity index (χ1v) is 5.85. The van der Waals surface area contributed by atoms with Gasteiger partial charge in [0.15, 0.2) is 5.00 Å². The number of carboxylic acids is 1. The Labute approximate surface area is 110 Å². The molecule has 0 aliphatic rings. The van der Waals surface area contributed by atoms with Gasteiger partial charge in [0.2, 0.25) is 5.69 Å². The number of anilines is 1. The summed E-state index contributed by atoms with van der Waals surface area (Å²) in [4.78, 5) is 22.6. The Hall–Kier alpha value is -1.99. The SMILES string of the molecule is O=C(Nc1snnc1C(=O)O)c1ccc(Cl)cc1. The fourth-order valence-electron chi connectivity index (χ4n) is 1.19. The Balaban J connectivity index is 2.19. The molecule has 6 nitrogen and oxygen atoms in total. The van der Waals surface area contributed by atoms with Crippen LogP contribution in [0.3, 0.4) is 0 Å². The Morgan fingerprint density at radius 3 is 2.56 bits per heavy atom. The van der Waals surface area contributed by atoms with Gasteiger partial charge in [0.25, 0.3) is 5.91 Å². The van der Waals surface area contributed by atoms with Crippen molar-refractivity contribution >= 4 is 40.0 Å². The number of amides is 1. The summed E-state index contributed by atoms with van der Waals surface area (Å²) in [5.74, 6) is -1.68. The van der Waals surface area contributed by atoms with E-state index < -0.39 is 11.9 Å². The fourth-order valence-corrected chi connectivity index (χ4v) is 1.87. The van der Waals surface area contributed by atoms with Gasteiger partial charge >= 0.3 is 5.97 Å².